The van der Waals surface area contributed by atoms with Crippen LogP contribution in [0.15, 0.2) is 53.9 Å². The van der Waals surface area contributed by atoms with E-state index < -0.39 is 0 Å². The van der Waals surface area contributed by atoms with Gasteiger partial charge in [-0.05, 0) is 41.3 Å². The highest BCUT2D eigenvalue weighted by Crippen LogP contribution is 2.39. The smallest absolute Gasteiger partial charge is 0.141 e. The molecule has 0 fully saturated rings. The van der Waals surface area contributed by atoms with Crippen LogP contribution in [0.25, 0.3) is 32.7 Å². The zero-order valence-electron chi connectivity index (χ0n) is 11.9. The van der Waals surface area contributed by atoms with Crippen molar-refractivity contribution in [2.24, 2.45) is 0 Å². The van der Waals surface area contributed by atoms with Crippen molar-refractivity contribution >= 4 is 22.4 Å². The van der Waals surface area contributed by atoms with Crippen LogP contribution in [0.1, 0.15) is 5.69 Å². The van der Waals surface area contributed by atoms with E-state index in [0.29, 0.717) is 5.69 Å². The Bertz CT molecular complexity index is 1020. The Morgan fingerprint density at radius 1 is 1.09 bits per heavy atom. The van der Waals surface area contributed by atoms with Crippen molar-refractivity contribution in [2.75, 3.05) is 0 Å². The molecule has 5 heteroatoms. The summed E-state index contributed by atoms with van der Waals surface area (Å²) < 4.78 is 13.3. The van der Waals surface area contributed by atoms with Crippen LogP contribution in [0.5, 0.6) is 0 Å². The van der Waals surface area contributed by atoms with Crippen LogP contribution in [-0.2, 0) is 0 Å². The van der Waals surface area contributed by atoms with Gasteiger partial charge >= 0.3 is 0 Å². The lowest BCUT2D eigenvalue weighted by Gasteiger charge is -2.03. The van der Waals surface area contributed by atoms with Crippen molar-refractivity contribution in [3.8, 4) is 27.8 Å². The van der Waals surface area contributed by atoms with Gasteiger partial charge in [0.05, 0.1) is 21.6 Å². The predicted octanol–water partition coefficient (Wildman–Crippen LogP) is 4.97. The summed E-state index contributed by atoms with van der Waals surface area (Å²) in [4.78, 5) is 8.89. The quantitative estimate of drug-likeness (QED) is 0.567. The number of nitrogens with one attached hydrogen (secondary N) is 1. The van der Waals surface area contributed by atoms with Gasteiger partial charge in [0.25, 0.3) is 0 Å². The van der Waals surface area contributed by atoms with Gasteiger partial charge < -0.3 is 4.98 Å². The van der Waals surface area contributed by atoms with E-state index in [-0.39, 0.29) is 5.82 Å². The molecule has 3 heterocycles. The maximum absolute atomic E-state index is 13.3. The summed E-state index contributed by atoms with van der Waals surface area (Å²) in [5, 5.41) is 11.1. The molecule has 0 radical (unpaired) electrons. The second-order valence-electron chi connectivity index (χ2n) is 5.06. The third-order valence-corrected chi connectivity index (χ3v) is 4.54. The number of aromatic amines is 1. The van der Waals surface area contributed by atoms with E-state index in [2.05, 4.69) is 16.0 Å². The molecule has 23 heavy (non-hydrogen) atoms. The van der Waals surface area contributed by atoms with E-state index in [4.69, 9.17) is 5.26 Å². The van der Waals surface area contributed by atoms with Crippen LogP contribution < -0.4 is 0 Å². The molecule has 0 aliphatic rings. The second kappa shape index (κ2) is 5.34. The number of nitriles is 1. The Kier molecular flexibility index (Phi) is 3.18. The zero-order valence-corrected chi connectivity index (χ0v) is 12.7. The number of aromatic nitrogens is 2. The number of benzene rings is 1. The van der Waals surface area contributed by atoms with E-state index in [1.165, 1.54) is 12.1 Å². The van der Waals surface area contributed by atoms with Crippen molar-refractivity contribution in [1.29, 1.82) is 5.26 Å². The van der Waals surface area contributed by atoms with Crippen molar-refractivity contribution < 1.29 is 4.39 Å². The van der Waals surface area contributed by atoms with Crippen LogP contribution >= 0.6 is 11.3 Å². The number of rotatable bonds is 2. The maximum Gasteiger partial charge on any atom is 0.141 e. The maximum atomic E-state index is 13.3. The first-order valence-electron chi connectivity index (χ1n) is 6.99. The Balaban J connectivity index is 2.07. The highest BCUT2D eigenvalue weighted by Gasteiger charge is 2.17. The Morgan fingerprint density at radius 2 is 1.91 bits per heavy atom. The number of hydrogen-bond donors (Lipinski definition) is 1. The standard InChI is InChI=1S/C18H10FN3S/c19-12-5-3-11(4-6-12)16-17-14(8-7-13(10-20)21-17)22-18(16)15-2-1-9-23-15/h1-9,22H. The highest BCUT2D eigenvalue weighted by molar-refractivity contribution is 7.13. The molecule has 0 atom stereocenters. The molecule has 0 spiro atoms. The lowest BCUT2D eigenvalue weighted by Crippen LogP contribution is -1.85. The number of halogens is 1. The van der Waals surface area contributed by atoms with Gasteiger partial charge in [0.15, 0.2) is 0 Å². The normalized spacial score (nSPS) is 10.8. The van der Waals surface area contributed by atoms with E-state index in [0.717, 1.165) is 32.7 Å². The molecule has 110 valence electrons. The topological polar surface area (TPSA) is 52.5 Å². The summed E-state index contributed by atoms with van der Waals surface area (Å²) in [6.45, 7) is 0. The van der Waals surface area contributed by atoms with Gasteiger partial charge in [0, 0.05) is 5.56 Å². The predicted molar refractivity (Wildman–Crippen MR) is 89.5 cm³/mol. The molecular weight excluding hydrogens is 309 g/mol. The number of hydrogen-bond acceptors (Lipinski definition) is 3. The van der Waals surface area contributed by atoms with Crippen LogP contribution in [-0.4, -0.2) is 9.97 Å². The first kappa shape index (κ1) is 13.7. The van der Waals surface area contributed by atoms with Gasteiger partial charge in [0.2, 0.25) is 0 Å². The van der Waals surface area contributed by atoms with Gasteiger partial charge in [-0.2, -0.15) is 5.26 Å². The molecule has 4 rings (SSSR count). The lowest BCUT2D eigenvalue weighted by atomic mass is 10.0. The molecule has 0 unspecified atom stereocenters. The molecule has 1 aromatic carbocycles. The molecule has 3 aromatic heterocycles. The SMILES string of the molecule is N#Cc1ccc2[nH]c(-c3cccs3)c(-c3ccc(F)cc3)c2n1. The number of thiophene rings is 1. The fourth-order valence-corrected chi connectivity index (χ4v) is 3.36. The number of pyridine rings is 1. The number of nitrogens with zero attached hydrogens (tertiary/aromatic N) is 2. The van der Waals surface area contributed by atoms with E-state index >= 15 is 0 Å². The summed E-state index contributed by atoms with van der Waals surface area (Å²) >= 11 is 1.62. The first-order chi connectivity index (χ1) is 11.3. The minimum atomic E-state index is -0.281. The average molecular weight is 319 g/mol. The molecule has 0 amide bonds. The second-order valence-corrected chi connectivity index (χ2v) is 6.01. The third kappa shape index (κ3) is 2.30. The fourth-order valence-electron chi connectivity index (χ4n) is 2.63. The Labute approximate surface area is 135 Å². The van der Waals surface area contributed by atoms with Crippen LogP contribution in [0.2, 0.25) is 0 Å². The summed E-state index contributed by atoms with van der Waals surface area (Å²) in [6.07, 6.45) is 0. The number of H-pyrrole nitrogens is 1. The summed E-state index contributed by atoms with van der Waals surface area (Å²) in [5.74, 6) is -0.281. The molecule has 0 saturated heterocycles. The summed E-state index contributed by atoms with van der Waals surface area (Å²) in [7, 11) is 0. The molecule has 1 N–H and O–H groups in total. The fraction of sp³-hybridized carbons (Fsp3) is 0. The van der Waals surface area contributed by atoms with Crippen LogP contribution in [0.3, 0.4) is 0 Å². The highest BCUT2D eigenvalue weighted by atomic mass is 32.1. The molecule has 4 aromatic rings. The van der Waals surface area contributed by atoms with Crippen molar-refractivity contribution in [3.63, 3.8) is 0 Å². The minimum absolute atomic E-state index is 0.281. The Morgan fingerprint density at radius 3 is 2.61 bits per heavy atom. The molecule has 0 saturated carbocycles. The largest absolute Gasteiger partial charge is 0.352 e. The molecule has 0 aliphatic heterocycles. The van der Waals surface area contributed by atoms with Gasteiger partial charge in [-0.3, -0.25) is 0 Å². The monoisotopic (exact) mass is 319 g/mol. The van der Waals surface area contributed by atoms with Gasteiger partial charge in [-0.25, -0.2) is 9.37 Å². The average Bonchev–Trinajstić information content (AvgIpc) is 3.22. The van der Waals surface area contributed by atoms with Crippen LogP contribution in [0.4, 0.5) is 4.39 Å². The van der Waals surface area contributed by atoms with Crippen LogP contribution in [0, 0.1) is 17.1 Å². The van der Waals surface area contributed by atoms with E-state index in [9.17, 15) is 4.39 Å². The van der Waals surface area contributed by atoms with E-state index in [1.54, 1.807) is 29.5 Å². The van der Waals surface area contributed by atoms with Crippen molar-refractivity contribution in [3.05, 3.63) is 65.4 Å². The van der Waals surface area contributed by atoms with Gasteiger partial charge in [0.1, 0.15) is 17.6 Å². The third-order valence-electron chi connectivity index (χ3n) is 3.66. The molecule has 0 aliphatic carbocycles. The number of fused-ring (bicyclic) bond motifs is 1. The van der Waals surface area contributed by atoms with Crippen molar-refractivity contribution in [1.82, 2.24) is 9.97 Å². The zero-order chi connectivity index (χ0) is 15.8. The summed E-state index contributed by atoms with van der Waals surface area (Å²) in [6, 6.07) is 15.9. The van der Waals surface area contributed by atoms with Gasteiger partial charge in [-0.1, -0.05) is 18.2 Å². The summed E-state index contributed by atoms with van der Waals surface area (Å²) in [5.41, 5.74) is 4.62. The molecular formula is C18H10FN3S. The molecule has 3 nitrogen and oxygen atoms in total. The Hall–Kier alpha value is -2.97. The van der Waals surface area contributed by atoms with E-state index in [1.807, 2.05) is 23.6 Å². The van der Waals surface area contributed by atoms with Gasteiger partial charge in [-0.15, -0.1) is 11.3 Å². The van der Waals surface area contributed by atoms with Crippen molar-refractivity contribution in [2.45, 2.75) is 0 Å². The lowest BCUT2D eigenvalue weighted by molar-refractivity contribution is 0.628. The first-order valence-corrected chi connectivity index (χ1v) is 7.87. The minimum Gasteiger partial charge on any atom is -0.352 e. The molecule has 0 bridgehead atoms.